The Balaban J connectivity index is 2.57. The molecule has 1 saturated carbocycles. The summed E-state index contributed by atoms with van der Waals surface area (Å²) in [7, 11) is 3.39. The van der Waals surface area contributed by atoms with Gasteiger partial charge in [0.15, 0.2) is 0 Å². The Bertz CT molecular complexity index is 411. The molecule has 1 fully saturated rings. The second-order valence-electron chi connectivity index (χ2n) is 5.63. The second-order valence-corrected chi connectivity index (χ2v) is 5.63. The molecule has 118 valence electrons. The van der Waals surface area contributed by atoms with E-state index in [1.54, 1.807) is 30.8 Å². The molecule has 0 saturated heterocycles. The number of amides is 1. The predicted octanol–water partition coefficient (Wildman–Crippen LogP) is 1.17. The molecule has 0 N–H and O–H groups in total. The van der Waals surface area contributed by atoms with Gasteiger partial charge in [-0.15, -0.1) is 0 Å². The van der Waals surface area contributed by atoms with Crippen molar-refractivity contribution >= 4 is 11.9 Å². The van der Waals surface area contributed by atoms with E-state index in [1.807, 2.05) is 0 Å². The molecule has 21 heavy (non-hydrogen) atoms. The molecule has 0 atom stereocenters. The fraction of sp³-hybridized carbons (Fsp3) is 0.800. The van der Waals surface area contributed by atoms with Crippen LogP contribution in [0.1, 0.15) is 39.0 Å². The van der Waals surface area contributed by atoms with Crippen molar-refractivity contribution in [3.63, 3.8) is 0 Å². The lowest BCUT2D eigenvalue weighted by atomic mass is 9.81. The van der Waals surface area contributed by atoms with Gasteiger partial charge in [-0.3, -0.25) is 14.5 Å². The number of rotatable bonds is 6. The molecule has 0 spiro atoms. The summed E-state index contributed by atoms with van der Waals surface area (Å²) in [6.07, 6.45) is 4.53. The molecule has 1 aliphatic carbocycles. The molecule has 1 rings (SSSR count). The standard InChI is InChI=1S/C15H25N3O3/c1-4-21-14(20)11-17(2)10-13(19)18(3)15(12-16)8-6-5-7-9-15/h4-11H2,1-3H3. The van der Waals surface area contributed by atoms with Crippen LogP contribution in [0.4, 0.5) is 0 Å². The molecule has 0 radical (unpaired) electrons. The van der Waals surface area contributed by atoms with E-state index in [1.165, 1.54) is 0 Å². The maximum Gasteiger partial charge on any atom is 0.320 e. The molecule has 1 aliphatic rings. The predicted molar refractivity (Wildman–Crippen MR) is 78.3 cm³/mol. The summed E-state index contributed by atoms with van der Waals surface area (Å²) >= 11 is 0. The molecule has 0 aromatic heterocycles. The van der Waals surface area contributed by atoms with E-state index in [4.69, 9.17) is 4.74 Å². The van der Waals surface area contributed by atoms with Crippen LogP contribution in [0.25, 0.3) is 0 Å². The van der Waals surface area contributed by atoms with Gasteiger partial charge < -0.3 is 9.64 Å². The van der Waals surface area contributed by atoms with E-state index >= 15 is 0 Å². The fourth-order valence-electron chi connectivity index (χ4n) is 2.72. The molecule has 0 unspecified atom stereocenters. The molecular formula is C15H25N3O3. The molecule has 0 aromatic rings. The number of hydrogen-bond donors (Lipinski definition) is 0. The lowest BCUT2D eigenvalue weighted by Crippen LogP contribution is -2.52. The van der Waals surface area contributed by atoms with Crippen LogP contribution >= 0.6 is 0 Å². The number of nitriles is 1. The lowest BCUT2D eigenvalue weighted by Gasteiger charge is -2.39. The number of nitrogens with zero attached hydrogens (tertiary/aromatic N) is 3. The van der Waals surface area contributed by atoms with Crippen LogP contribution < -0.4 is 0 Å². The number of esters is 1. The van der Waals surface area contributed by atoms with Gasteiger partial charge in [0.25, 0.3) is 0 Å². The minimum atomic E-state index is -0.680. The monoisotopic (exact) mass is 295 g/mol. The smallest absolute Gasteiger partial charge is 0.320 e. The van der Waals surface area contributed by atoms with Crippen molar-refractivity contribution in [1.29, 1.82) is 5.26 Å². The number of ether oxygens (including phenoxy) is 1. The van der Waals surface area contributed by atoms with Gasteiger partial charge >= 0.3 is 5.97 Å². The zero-order chi connectivity index (χ0) is 15.9. The fourth-order valence-corrected chi connectivity index (χ4v) is 2.72. The Hall–Kier alpha value is -1.61. The normalized spacial score (nSPS) is 17.1. The Morgan fingerprint density at radius 3 is 2.33 bits per heavy atom. The third-order valence-corrected chi connectivity index (χ3v) is 4.01. The summed E-state index contributed by atoms with van der Waals surface area (Å²) in [4.78, 5) is 26.9. The summed E-state index contributed by atoms with van der Waals surface area (Å²) in [6.45, 7) is 2.26. The summed E-state index contributed by atoms with van der Waals surface area (Å²) in [5.74, 6) is -0.478. The molecule has 0 aliphatic heterocycles. The van der Waals surface area contributed by atoms with E-state index in [0.29, 0.717) is 6.61 Å². The zero-order valence-corrected chi connectivity index (χ0v) is 13.2. The summed E-state index contributed by atoms with van der Waals surface area (Å²) in [6, 6.07) is 2.33. The van der Waals surface area contributed by atoms with Gasteiger partial charge in [0.05, 0.1) is 25.8 Å². The van der Waals surface area contributed by atoms with Crippen LogP contribution in [0.3, 0.4) is 0 Å². The second kappa shape index (κ2) is 7.99. The summed E-state index contributed by atoms with van der Waals surface area (Å²) in [5, 5.41) is 9.48. The molecule has 1 amide bonds. The highest BCUT2D eigenvalue weighted by molar-refractivity contribution is 5.80. The average molecular weight is 295 g/mol. The number of carbonyl (C=O) groups excluding carboxylic acids is 2. The Kier molecular flexibility index (Phi) is 6.63. The third-order valence-electron chi connectivity index (χ3n) is 4.01. The number of carbonyl (C=O) groups is 2. The first kappa shape index (κ1) is 17.4. The Morgan fingerprint density at radius 1 is 1.19 bits per heavy atom. The maximum atomic E-state index is 12.3. The SMILES string of the molecule is CCOC(=O)CN(C)CC(=O)N(C)C1(C#N)CCCCC1. The summed E-state index contributed by atoms with van der Waals surface area (Å²) < 4.78 is 4.85. The van der Waals surface area contributed by atoms with E-state index in [9.17, 15) is 14.9 Å². The molecule has 0 bridgehead atoms. The van der Waals surface area contributed by atoms with Crippen molar-refractivity contribution in [2.45, 2.75) is 44.6 Å². The van der Waals surface area contributed by atoms with E-state index in [0.717, 1.165) is 32.1 Å². The number of hydrogen-bond acceptors (Lipinski definition) is 5. The highest BCUT2D eigenvalue weighted by Gasteiger charge is 2.38. The first-order chi connectivity index (χ1) is 9.95. The molecule has 6 heteroatoms. The van der Waals surface area contributed by atoms with Gasteiger partial charge in [0.1, 0.15) is 5.54 Å². The van der Waals surface area contributed by atoms with Gasteiger partial charge in [-0.1, -0.05) is 19.3 Å². The van der Waals surface area contributed by atoms with Crippen molar-refractivity contribution in [3.05, 3.63) is 0 Å². The largest absolute Gasteiger partial charge is 0.465 e. The maximum absolute atomic E-state index is 12.3. The minimum absolute atomic E-state index is 0.0764. The van der Waals surface area contributed by atoms with Gasteiger partial charge in [-0.05, 0) is 26.8 Å². The van der Waals surface area contributed by atoms with Crippen LogP contribution in [-0.4, -0.2) is 61.0 Å². The number of likely N-dealkylation sites (N-methyl/N-ethyl adjacent to an activating group) is 2. The molecule has 6 nitrogen and oxygen atoms in total. The van der Waals surface area contributed by atoms with Crippen LogP contribution in [0.5, 0.6) is 0 Å². The van der Waals surface area contributed by atoms with Crippen LogP contribution in [0.2, 0.25) is 0 Å². The van der Waals surface area contributed by atoms with Crippen LogP contribution in [0, 0.1) is 11.3 Å². The summed E-state index contributed by atoms with van der Waals surface area (Å²) in [5.41, 5.74) is -0.680. The van der Waals surface area contributed by atoms with Crippen molar-refractivity contribution in [2.75, 3.05) is 33.8 Å². The zero-order valence-electron chi connectivity index (χ0n) is 13.2. The van der Waals surface area contributed by atoms with Gasteiger partial charge in [-0.25, -0.2) is 0 Å². The Morgan fingerprint density at radius 2 is 1.81 bits per heavy atom. The molecular weight excluding hydrogens is 270 g/mol. The van der Waals surface area contributed by atoms with Crippen LogP contribution in [-0.2, 0) is 14.3 Å². The van der Waals surface area contributed by atoms with Gasteiger partial charge in [0, 0.05) is 7.05 Å². The topological polar surface area (TPSA) is 73.6 Å². The Labute approximate surface area is 126 Å². The van der Waals surface area contributed by atoms with Crippen molar-refractivity contribution < 1.29 is 14.3 Å². The third kappa shape index (κ3) is 4.71. The minimum Gasteiger partial charge on any atom is -0.465 e. The van der Waals surface area contributed by atoms with E-state index in [2.05, 4.69) is 6.07 Å². The van der Waals surface area contributed by atoms with Crippen molar-refractivity contribution in [1.82, 2.24) is 9.80 Å². The first-order valence-electron chi connectivity index (χ1n) is 7.47. The van der Waals surface area contributed by atoms with Crippen LogP contribution in [0.15, 0.2) is 0 Å². The quantitative estimate of drug-likeness (QED) is 0.688. The van der Waals surface area contributed by atoms with E-state index < -0.39 is 5.54 Å². The molecule has 0 aromatic carbocycles. The molecule has 0 heterocycles. The van der Waals surface area contributed by atoms with Gasteiger partial charge in [0.2, 0.25) is 5.91 Å². The van der Waals surface area contributed by atoms with Crippen molar-refractivity contribution in [2.24, 2.45) is 0 Å². The van der Waals surface area contributed by atoms with Crippen molar-refractivity contribution in [3.8, 4) is 6.07 Å². The van der Waals surface area contributed by atoms with E-state index in [-0.39, 0.29) is 25.0 Å². The highest BCUT2D eigenvalue weighted by Crippen LogP contribution is 2.32. The lowest BCUT2D eigenvalue weighted by molar-refractivity contribution is -0.145. The highest BCUT2D eigenvalue weighted by atomic mass is 16.5. The van der Waals surface area contributed by atoms with Gasteiger partial charge in [-0.2, -0.15) is 5.26 Å². The first-order valence-corrected chi connectivity index (χ1v) is 7.47. The average Bonchev–Trinajstić information content (AvgIpc) is 2.47.